The van der Waals surface area contributed by atoms with Gasteiger partial charge in [0, 0.05) is 13.1 Å². The van der Waals surface area contributed by atoms with Crippen LogP contribution >= 0.6 is 0 Å². The Bertz CT molecular complexity index is 747. The maximum absolute atomic E-state index is 11.7. The first kappa shape index (κ1) is 16.9. The van der Waals surface area contributed by atoms with Crippen LogP contribution in [0.2, 0.25) is 0 Å². The van der Waals surface area contributed by atoms with Crippen LogP contribution in [0, 0.1) is 10.1 Å². The smallest absolute Gasteiger partial charge is 0.353 e. The van der Waals surface area contributed by atoms with E-state index in [0.717, 1.165) is 32.4 Å². The number of para-hydroxylation sites is 2. The normalized spacial score (nSPS) is 14.2. The van der Waals surface area contributed by atoms with E-state index in [1.807, 2.05) is 30.0 Å². The molecule has 1 saturated heterocycles. The molecule has 1 aliphatic rings. The second-order valence-corrected chi connectivity index (χ2v) is 5.75. The number of nitrogens with zero attached hydrogens (tertiary/aromatic N) is 4. The molecular formula is C17H21N5O3. The molecular weight excluding hydrogens is 322 g/mol. The lowest BCUT2D eigenvalue weighted by atomic mass is 10.1. The standard InChI is InChI=1S/C17H21N5O3/c1-2-25-14-9-5-4-8-13(14)20-16-15(22(23)24)17(19-12-18-16)21-10-6-3-7-11-21/h4-5,8-9,12H,2-3,6-7,10-11H2,1H3,(H,18,19,20). The van der Waals surface area contributed by atoms with Gasteiger partial charge in [0.05, 0.1) is 17.2 Å². The molecule has 1 aromatic carbocycles. The maximum Gasteiger partial charge on any atom is 0.353 e. The minimum absolute atomic E-state index is 0.101. The van der Waals surface area contributed by atoms with Gasteiger partial charge in [0.1, 0.15) is 12.1 Å². The number of ether oxygens (including phenoxy) is 1. The minimum Gasteiger partial charge on any atom is -0.492 e. The third kappa shape index (κ3) is 3.78. The van der Waals surface area contributed by atoms with Crippen LogP contribution in [0.4, 0.5) is 23.0 Å². The zero-order chi connectivity index (χ0) is 17.6. The molecule has 0 bridgehead atoms. The van der Waals surface area contributed by atoms with E-state index in [0.29, 0.717) is 23.9 Å². The summed E-state index contributed by atoms with van der Waals surface area (Å²) in [6, 6.07) is 7.30. The van der Waals surface area contributed by atoms with Gasteiger partial charge in [-0.3, -0.25) is 10.1 Å². The van der Waals surface area contributed by atoms with Crippen LogP contribution in [-0.2, 0) is 0 Å². The first-order valence-electron chi connectivity index (χ1n) is 8.44. The van der Waals surface area contributed by atoms with Crippen LogP contribution in [0.5, 0.6) is 5.75 Å². The summed E-state index contributed by atoms with van der Waals surface area (Å²) in [5, 5.41) is 14.8. The molecule has 1 N–H and O–H groups in total. The molecule has 1 aromatic heterocycles. The molecule has 0 radical (unpaired) electrons. The highest BCUT2D eigenvalue weighted by Gasteiger charge is 2.28. The number of rotatable bonds is 6. The van der Waals surface area contributed by atoms with Crippen molar-refractivity contribution in [1.82, 2.24) is 9.97 Å². The van der Waals surface area contributed by atoms with E-state index in [2.05, 4.69) is 15.3 Å². The molecule has 0 aliphatic carbocycles. The number of nitrogens with one attached hydrogen (secondary N) is 1. The maximum atomic E-state index is 11.7. The Morgan fingerprint density at radius 3 is 2.72 bits per heavy atom. The lowest BCUT2D eigenvalue weighted by molar-refractivity contribution is -0.383. The zero-order valence-corrected chi connectivity index (χ0v) is 14.1. The Morgan fingerprint density at radius 1 is 1.24 bits per heavy atom. The molecule has 1 fully saturated rings. The van der Waals surface area contributed by atoms with E-state index >= 15 is 0 Å². The van der Waals surface area contributed by atoms with Crippen molar-refractivity contribution in [3.8, 4) is 5.75 Å². The first-order valence-corrected chi connectivity index (χ1v) is 8.44. The van der Waals surface area contributed by atoms with Gasteiger partial charge in [-0.25, -0.2) is 9.97 Å². The highest BCUT2D eigenvalue weighted by atomic mass is 16.6. The van der Waals surface area contributed by atoms with Crippen molar-refractivity contribution in [3.05, 3.63) is 40.7 Å². The van der Waals surface area contributed by atoms with Crippen LogP contribution in [0.3, 0.4) is 0 Å². The highest BCUT2D eigenvalue weighted by molar-refractivity contribution is 5.76. The van der Waals surface area contributed by atoms with E-state index in [1.54, 1.807) is 6.07 Å². The lowest BCUT2D eigenvalue weighted by Gasteiger charge is -2.27. The van der Waals surface area contributed by atoms with Crippen molar-refractivity contribution >= 4 is 23.0 Å². The second-order valence-electron chi connectivity index (χ2n) is 5.75. The molecule has 8 nitrogen and oxygen atoms in total. The van der Waals surface area contributed by atoms with Crippen molar-refractivity contribution in [3.63, 3.8) is 0 Å². The van der Waals surface area contributed by atoms with Gasteiger partial charge in [0.15, 0.2) is 0 Å². The summed E-state index contributed by atoms with van der Waals surface area (Å²) in [7, 11) is 0. The van der Waals surface area contributed by atoms with Crippen molar-refractivity contribution in [2.45, 2.75) is 26.2 Å². The van der Waals surface area contributed by atoms with Gasteiger partial charge in [-0.1, -0.05) is 12.1 Å². The molecule has 0 unspecified atom stereocenters. The van der Waals surface area contributed by atoms with Gasteiger partial charge >= 0.3 is 5.69 Å². The van der Waals surface area contributed by atoms with Crippen LogP contribution in [0.15, 0.2) is 30.6 Å². The number of hydrogen-bond acceptors (Lipinski definition) is 7. The molecule has 0 amide bonds. The fourth-order valence-corrected chi connectivity index (χ4v) is 2.95. The first-order chi connectivity index (χ1) is 12.2. The average molecular weight is 343 g/mol. The second kappa shape index (κ2) is 7.78. The van der Waals surface area contributed by atoms with Crippen LogP contribution in [0.25, 0.3) is 0 Å². The summed E-state index contributed by atoms with van der Waals surface area (Å²) in [5.74, 6) is 1.17. The van der Waals surface area contributed by atoms with Gasteiger partial charge in [-0.2, -0.15) is 0 Å². The molecule has 1 aliphatic heterocycles. The van der Waals surface area contributed by atoms with Crippen LogP contribution < -0.4 is 15.0 Å². The molecule has 0 spiro atoms. The number of nitro groups is 1. The van der Waals surface area contributed by atoms with E-state index < -0.39 is 4.92 Å². The van der Waals surface area contributed by atoms with E-state index in [4.69, 9.17) is 4.74 Å². The Kier molecular flexibility index (Phi) is 5.27. The number of aromatic nitrogens is 2. The van der Waals surface area contributed by atoms with E-state index in [9.17, 15) is 10.1 Å². The minimum atomic E-state index is -0.421. The third-order valence-corrected chi connectivity index (χ3v) is 4.08. The Labute approximate surface area is 146 Å². The highest BCUT2D eigenvalue weighted by Crippen LogP contribution is 2.36. The number of hydrogen-bond donors (Lipinski definition) is 1. The third-order valence-electron chi connectivity index (χ3n) is 4.08. The van der Waals surface area contributed by atoms with E-state index in [-0.39, 0.29) is 11.5 Å². The topological polar surface area (TPSA) is 93.4 Å². The summed E-state index contributed by atoms with van der Waals surface area (Å²) in [4.78, 5) is 21.5. The summed E-state index contributed by atoms with van der Waals surface area (Å²) in [6.45, 7) is 3.93. The van der Waals surface area contributed by atoms with Crippen LogP contribution in [0.1, 0.15) is 26.2 Å². The Morgan fingerprint density at radius 2 is 2.00 bits per heavy atom. The van der Waals surface area contributed by atoms with E-state index in [1.165, 1.54) is 6.33 Å². The molecule has 25 heavy (non-hydrogen) atoms. The Hall–Kier alpha value is -2.90. The fourth-order valence-electron chi connectivity index (χ4n) is 2.95. The summed E-state index contributed by atoms with van der Waals surface area (Å²) >= 11 is 0. The summed E-state index contributed by atoms with van der Waals surface area (Å²) < 4.78 is 5.57. The SMILES string of the molecule is CCOc1ccccc1Nc1ncnc(N2CCCCC2)c1[N+](=O)[O-]. The fraction of sp³-hybridized carbons (Fsp3) is 0.412. The molecule has 0 atom stereocenters. The lowest BCUT2D eigenvalue weighted by Crippen LogP contribution is -2.31. The predicted octanol–water partition coefficient (Wildman–Crippen LogP) is 3.52. The summed E-state index contributed by atoms with van der Waals surface area (Å²) in [5.41, 5.74) is 0.534. The molecule has 2 aromatic rings. The number of piperidine rings is 1. The monoisotopic (exact) mass is 343 g/mol. The molecule has 0 saturated carbocycles. The van der Waals surface area contributed by atoms with Crippen molar-refractivity contribution in [2.75, 3.05) is 29.9 Å². The van der Waals surface area contributed by atoms with Gasteiger partial charge in [-0.15, -0.1) is 0 Å². The van der Waals surface area contributed by atoms with Gasteiger partial charge in [0.25, 0.3) is 0 Å². The number of anilines is 3. The molecule has 132 valence electrons. The Balaban J connectivity index is 1.97. The van der Waals surface area contributed by atoms with Crippen molar-refractivity contribution in [1.29, 1.82) is 0 Å². The van der Waals surface area contributed by atoms with Crippen LogP contribution in [-0.4, -0.2) is 34.6 Å². The largest absolute Gasteiger partial charge is 0.492 e. The van der Waals surface area contributed by atoms with Crippen molar-refractivity contribution < 1.29 is 9.66 Å². The zero-order valence-electron chi connectivity index (χ0n) is 14.1. The summed E-state index contributed by atoms with van der Waals surface area (Å²) in [6.07, 6.45) is 4.53. The quantitative estimate of drug-likeness (QED) is 0.633. The molecule has 3 rings (SSSR count). The van der Waals surface area contributed by atoms with Crippen molar-refractivity contribution in [2.24, 2.45) is 0 Å². The van der Waals surface area contributed by atoms with Gasteiger partial charge in [-0.05, 0) is 38.3 Å². The van der Waals surface area contributed by atoms with Gasteiger partial charge < -0.3 is 15.0 Å². The average Bonchev–Trinajstić information content (AvgIpc) is 2.64. The predicted molar refractivity (Wildman–Crippen MR) is 95.6 cm³/mol. The van der Waals surface area contributed by atoms with Gasteiger partial charge in [0.2, 0.25) is 11.6 Å². The number of benzene rings is 1. The molecule has 2 heterocycles. The molecule has 8 heteroatoms.